The van der Waals surface area contributed by atoms with Gasteiger partial charge < -0.3 is 10.2 Å². The molecule has 0 radical (unpaired) electrons. The van der Waals surface area contributed by atoms with Gasteiger partial charge in [-0.25, -0.2) is 4.98 Å². The largest absolute Gasteiger partial charge is 0.348 e. The number of anilines is 1. The molecule has 0 amide bonds. The molecule has 1 aliphatic rings. The minimum atomic E-state index is 0.103. The van der Waals surface area contributed by atoms with Gasteiger partial charge in [-0.05, 0) is 76.8 Å². The molecule has 6 nitrogen and oxygen atoms in total. The van der Waals surface area contributed by atoms with Crippen molar-refractivity contribution < 1.29 is 0 Å². The Hall–Kier alpha value is -2.51. The molecule has 7 heteroatoms. The maximum absolute atomic E-state index is 4.89. The van der Waals surface area contributed by atoms with Crippen molar-refractivity contribution >= 4 is 37.7 Å². The first kappa shape index (κ1) is 21.3. The summed E-state index contributed by atoms with van der Waals surface area (Å²) in [5, 5.41) is 10.5. The molecule has 0 atom stereocenters. The quantitative estimate of drug-likeness (QED) is 0.461. The zero-order chi connectivity index (χ0) is 22.8. The summed E-state index contributed by atoms with van der Waals surface area (Å²) in [4.78, 5) is 12.0. The minimum absolute atomic E-state index is 0.103. The summed E-state index contributed by atoms with van der Waals surface area (Å²) in [5.41, 5.74) is 5.55. The summed E-state index contributed by atoms with van der Waals surface area (Å²) in [6, 6.07) is 7.07. The van der Waals surface area contributed by atoms with Gasteiger partial charge in [0.15, 0.2) is 10.8 Å². The van der Waals surface area contributed by atoms with E-state index in [1.807, 2.05) is 17.9 Å². The van der Waals surface area contributed by atoms with E-state index in [4.69, 9.17) is 9.97 Å². The number of benzene rings is 1. The fraction of sp³-hybridized carbons (Fsp3) is 0.480. The van der Waals surface area contributed by atoms with Gasteiger partial charge in [0, 0.05) is 54.6 Å². The number of hydrogen-bond acceptors (Lipinski definition) is 6. The van der Waals surface area contributed by atoms with Gasteiger partial charge in [-0.3, -0.25) is 4.68 Å². The average molecular weight is 449 g/mol. The van der Waals surface area contributed by atoms with Crippen molar-refractivity contribution in [2.75, 3.05) is 11.9 Å². The van der Waals surface area contributed by atoms with Gasteiger partial charge in [-0.1, -0.05) is 11.3 Å². The number of nitrogens with one attached hydrogen (secondary N) is 1. The van der Waals surface area contributed by atoms with Crippen molar-refractivity contribution in [2.24, 2.45) is 7.05 Å². The number of pyridine rings is 1. The number of rotatable bonds is 3. The zero-order valence-corrected chi connectivity index (χ0v) is 20.8. The molecule has 1 fully saturated rings. The molecule has 5 rings (SSSR count). The van der Waals surface area contributed by atoms with Gasteiger partial charge in [0.25, 0.3) is 0 Å². The Balaban J connectivity index is 1.48. The van der Waals surface area contributed by atoms with Crippen LogP contribution in [0.5, 0.6) is 0 Å². The maximum Gasteiger partial charge on any atom is 0.188 e. The smallest absolute Gasteiger partial charge is 0.188 e. The lowest BCUT2D eigenvalue weighted by atomic mass is 9.79. The van der Waals surface area contributed by atoms with Crippen LogP contribution < -0.4 is 10.2 Å². The van der Waals surface area contributed by atoms with E-state index in [9.17, 15) is 0 Å². The number of thiazole rings is 1. The molecule has 1 aliphatic heterocycles. The van der Waals surface area contributed by atoms with Crippen LogP contribution in [0.4, 0.5) is 5.13 Å². The molecule has 1 saturated heterocycles. The molecular weight excluding hydrogens is 416 g/mol. The van der Waals surface area contributed by atoms with Crippen LogP contribution >= 0.6 is 11.3 Å². The Labute approximate surface area is 193 Å². The van der Waals surface area contributed by atoms with Crippen molar-refractivity contribution in [3.63, 3.8) is 0 Å². The molecule has 1 N–H and O–H groups in total. The van der Waals surface area contributed by atoms with Gasteiger partial charge in [0.2, 0.25) is 0 Å². The van der Waals surface area contributed by atoms with Gasteiger partial charge in [0.05, 0.1) is 10.2 Å². The lowest BCUT2D eigenvalue weighted by Gasteiger charge is -2.48. The lowest BCUT2D eigenvalue weighted by Crippen LogP contribution is -2.61. The third-order valence-corrected chi connectivity index (χ3v) is 7.58. The Morgan fingerprint density at radius 3 is 2.53 bits per heavy atom. The molecule has 1 aromatic carbocycles. The van der Waals surface area contributed by atoms with Crippen molar-refractivity contribution in [3.05, 3.63) is 36.2 Å². The van der Waals surface area contributed by atoms with Crippen LogP contribution in [-0.2, 0) is 7.05 Å². The second-order valence-corrected chi connectivity index (χ2v) is 11.7. The molecule has 0 unspecified atom stereocenters. The molecule has 4 heterocycles. The highest BCUT2D eigenvalue weighted by atomic mass is 32.1. The van der Waals surface area contributed by atoms with Crippen LogP contribution in [0, 0.1) is 6.92 Å². The predicted octanol–water partition coefficient (Wildman–Crippen LogP) is 5.30. The Morgan fingerprint density at radius 1 is 1.09 bits per heavy atom. The lowest BCUT2D eigenvalue weighted by molar-refractivity contribution is 0.161. The number of aromatic nitrogens is 4. The second kappa shape index (κ2) is 7.25. The second-order valence-electron chi connectivity index (χ2n) is 10.6. The molecule has 0 saturated carbocycles. The SMILES string of the molecule is Cc1cc(-c2cnc3nc(N(C)C4CC(C)(C)NC(C)(C)C4)sc3c2)cc2cn(C)nc12. The monoisotopic (exact) mass is 448 g/mol. The fourth-order valence-corrected chi connectivity index (χ4v) is 6.41. The summed E-state index contributed by atoms with van der Waals surface area (Å²) in [5.74, 6) is 0. The summed E-state index contributed by atoms with van der Waals surface area (Å²) in [6.07, 6.45) is 6.19. The van der Waals surface area contributed by atoms with E-state index in [2.05, 4.69) is 81.4 Å². The minimum Gasteiger partial charge on any atom is -0.348 e. The Bertz CT molecular complexity index is 1300. The van der Waals surface area contributed by atoms with Crippen molar-refractivity contribution in [1.82, 2.24) is 25.1 Å². The zero-order valence-electron chi connectivity index (χ0n) is 20.0. The number of piperidine rings is 1. The Morgan fingerprint density at radius 2 is 1.81 bits per heavy atom. The fourth-order valence-electron chi connectivity index (χ4n) is 5.41. The number of hydrogen-bond donors (Lipinski definition) is 1. The third kappa shape index (κ3) is 3.88. The van der Waals surface area contributed by atoms with Crippen molar-refractivity contribution in [1.29, 1.82) is 0 Å². The van der Waals surface area contributed by atoms with E-state index in [1.165, 1.54) is 11.1 Å². The van der Waals surface area contributed by atoms with Gasteiger partial charge in [-0.2, -0.15) is 10.1 Å². The first-order valence-electron chi connectivity index (χ1n) is 11.2. The van der Waals surface area contributed by atoms with Crippen LogP contribution in [0.1, 0.15) is 46.1 Å². The van der Waals surface area contributed by atoms with Crippen LogP contribution in [0.2, 0.25) is 0 Å². The summed E-state index contributed by atoms with van der Waals surface area (Å²) in [7, 11) is 4.15. The first-order valence-corrected chi connectivity index (χ1v) is 12.0. The molecule has 3 aromatic heterocycles. The van der Waals surface area contributed by atoms with Crippen LogP contribution in [0.25, 0.3) is 32.4 Å². The van der Waals surface area contributed by atoms with E-state index in [0.29, 0.717) is 6.04 Å². The van der Waals surface area contributed by atoms with Crippen molar-refractivity contribution in [2.45, 2.75) is 64.6 Å². The molecule has 0 bridgehead atoms. The summed E-state index contributed by atoms with van der Waals surface area (Å²) < 4.78 is 3.00. The Kier molecular flexibility index (Phi) is 4.84. The van der Waals surface area contributed by atoms with Gasteiger partial charge in [0.1, 0.15) is 0 Å². The van der Waals surface area contributed by atoms with Gasteiger partial charge in [-0.15, -0.1) is 0 Å². The van der Waals surface area contributed by atoms with Crippen molar-refractivity contribution in [3.8, 4) is 11.1 Å². The highest BCUT2D eigenvalue weighted by Crippen LogP contribution is 2.37. The van der Waals surface area contributed by atoms with E-state index < -0.39 is 0 Å². The van der Waals surface area contributed by atoms with E-state index in [0.717, 1.165) is 44.8 Å². The molecule has 168 valence electrons. The number of fused-ring (bicyclic) bond motifs is 2. The predicted molar refractivity (Wildman–Crippen MR) is 135 cm³/mol. The highest BCUT2D eigenvalue weighted by Gasteiger charge is 2.39. The van der Waals surface area contributed by atoms with Gasteiger partial charge >= 0.3 is 0 Å². The summed E-state index contributed by atoms with van der Waals surface area (Å²) >= 11 is 1.74. The molecule has 0 aliphatic carbocycles. The molecule has 32 heavy (non-hydrogen) atoms. The molecule has 4 aromatic rings. The van der Waals surface area contributed by atoms with Crippen LogP contribution in [-0.4, -0.2) is 43.9 Å². The highest BCUT2D eigenvalue weighted by molar-refractivity contribution is 7.22. The molecule has 0 spiro atoms. The third-order valence-electron chi connectivity index (χ3n) is 6.50. The summed E-state index contributed by atoms with van der Waals surface area (Å²) in [6.45, 7) is 11.3. The maximum atomic E-state index is 4.89. The van der Waals surface area contributed by atoms with E-state index in [-0.39, 0.29) is 11.1 Å². The normalized spacial score (nSPS) is 18.5. The first-order chi connectivity index (χ1) is 15.0. The number of aryl methyl sites for hydroxylation is 2. The van der Waals surface area contributed by atoms with Crippen LogP contribution in [0.3, 0.4) is 0 Å². The van der Waals surface area contributed by atoms with E-state index >= 15 is 0 Å². The molecular formula is C25H32N6S. The standard InChI is InChI=1S/C25H32N6S/c1-15-8-16(9-18-14-30(6)28-21(15)18)17-10-20-22(26-13-17)27-23(32-20)31(7)19-11-24(2,3)29-25(4,5)12-19/h8-10,13-14,19,29H,11-12H2,1-7H3. The van der Waals surface area contributed by atoms with Crippen LogP contribution in [0.15, 0.2) is 30.6 Å². The number of nitrogens with zero attached hydrogens (tertiary/aromatic N) is 5. The topological polar surface area (TPSA) is 58.9 Å². The average Bonchev–Trinajstić information content (AvgIpc) is 3.27. The van der Waals surface area contributed by atoms with E-state index in [1.54, 1.807) is 11.3 Å².